The lowest BCUT2D eigenvalue weighted by molar-refractivity contribution is 0.669. The molecule has 0 amide bonds. The second kappa shape index (κ2) is 7.26. The number of furan rings is 1. The summed E-state index contributed by atoms with van der Waals surface area (Å²) < 4.78 is 23.7. The molecule has 2 heterocycles. The number of aromatic nitrogens is 1. The Hall–Kier alpha value is -3.17. The van der Waals surface area contributed by atoms with E-state index in [4.69, 9.17) is 7.16 Å². The molecule has 0 saturated carbocycles. The van der Waals surface area contributed by atoms with Crippen LogP contribution in [0.25, 0.3) is 33.2 Å². The Labute approximate surface area is 181 Å². The van der Waals surface area contributed by atoms with Gasteiger partial charge in [-0.05, 0) is 41.8 Å². The summed E-state index contributed by atoms with van der Waals surface area (Å²) in [5.74, 6) is 0. The summed E-state index contributed by atoms with van der Waals surface area (Å²) in [6.07, 6.45) is 0.279. The van der Waals surface area contributed by atoms with Crippen LogP contribution >= 0.6 is 0 Å². The topological polar surface area (TPSA) is 26.0 Å². The van der Waals surface area contributed by atoms with E-state index >= 15 is 0 Å². The normalized spacial score (nSPS) is 13.4. The van der Waals surface area contributed by atoms with Crippen LogP contribution in [0.1, 0.15) is 13.9 Å². The fraction of sp³-hybridized carbons (Fsp3) is 0.148. The Morgan fingerprint density at radius 1 is 0.833 bits per heavy atom. The van der Waals surface area contributed by atoms with E-state index in [9.17, 15) is 0 Å². The number of fused-ring (bicyclic) bond motifs is 3. The Bertz CT molecular complexity index is 1440. The van der Waals surface area contributed by atoms with Crippen molar-refractivity contribution in [2.75, 3.05) is 0 Å². The largest absolute Gasteiger partial charge is 0.455 e. The molecule has 3 aromatic carbocycles. The van der Waals surface area contributed by atoms with Gasteiger partial charge in [0, 0.05) is 25.3 Å². The lowest BCUT2D eigenvalue weighted by Gasteiger charge is -2.17. The van der Waals surface area contributed by atoms with Gasteiger partial charge < -0.3 is 4.42 Å². The van der Waals surface area contributed by atoms with Crippen LogP contribution in [-0.2, 0) is 6.37 Å². The third-order valence-corrected chi connectivity index (χ3v) is 7.51. The van der Waals surface area contributed by atoms with E-state index in [0.29, 0.717) is 16.7 Å². The van der Waals surface area contributed by atoms with E-state index in [-0.39, 0.29) is 0 Å². The maximum atomic E-state index is 8.70. The summed E-state index contributed by atoms with van der Waals surface area (Å²) in [6, 6.07) is 25.4. The molecule has 0 aliphatic carbocycles. The standard InChI is InChI=1S/C27H25NOSi/c1-30(2,3)21-14-15-28-25(18-21)24-11-7-10-23-22-13-12-20(17-26(22)29-27(23)24)16-19-8-5-4-6-9-19/h4-15,17-18H,16H2,1-3H3/i16D2. The van der Waals surface area contributed by atoms with Crippen molar-refractivity contribution >= 4 is 35.2 Å². The zero-order chi connectivity index (χ0) is 22.5. The van der Waals surface area contributed by atoms with Gasteiger partial charge in [0.25, 0.3) is 0 Å². The number of hydrogen-bond donors (Lipinski definition) is 0. The van der Waals surface area contributed by atoms with Crippen LogP contribution in [-0.4, -0.2) is 13.1 Å². The van der Waals surface area contributed by atoms with E-state index in [0.717, 1.165) is 27.6 Å². The Morgan fingerprint density at radius 2 is 1.67 bits per heavy atom. The third kappa shape index (κ3) is 3.46. The van der Waals surface area contributed by atoms with Crippen molar-refractivity contribution in [1.29, 1.82) is 0 Å². The SMILES string of the molecule is [2H]C([2H])(c1ccccc1)c1ccc2c(c1)oc1c(-c3cc([Si](C)(C)C)ccn3)cccc12. The van der Waals surface area contributed by atoms with E-state index in [2.05, 4.69) is 42.8 Å². The maximum Gasteiger partial charge on any atom is 0.144 e. The fourth-order valence-electron chi connectivity index (χ4n) is 3.81. The Kier molecular flexibility index (Phi) is 4.02. The monoisotopic (exact) mass is 409 g/mol. The van der Waals surface area contributed by atoms with Crippen LogP contribution in [0.15, 0.2) is 89.5 Å². The second-order valence-corrected chi connectivity index (χ2v) is 13.7. The molecule has 0 radical (unpaired) electrons. The first-order valence-electron chi connectivity index (χ1n) is 11.2. The number of nitrogens with zero attached hydrogens (tertiary/aromatic N) is 1. The van der Waals surface area contributed by atoms with Crippen LogP contribution < -0.4 is 5.19 Å². The zero-order valence-corrected chi connectivity index (χ0v) is 18.4. The molecule has 0 fully saturated rings. The zero-order valence-electron chi connectivity index (χ0n) is 19.4. The number of rotatable bonds is 4. The van der Waals surface area contributed by atoms with Gasteiger partial charge in [0.05, 0.1) is 13.8 Å². The molecule has 2 nitrogen and oxygen atoms in total. The van der Waals surface area contributed by atoms with Crippen LogP contribution in [0.3, 0.4) is 0 Å². The molecule has 0 saturated heterocycles. The lowest BCUT2D eigenvalue weighted by Crippen LogP contribution is -2.37. The molecular formula is C27H25NOSi. The van der Waals surface area contributed by atoms with Gasteiger partial charge in [-0.1, -0.05) is 79.4 Å². The van der Waals surface area contributed by atoms with Gasteiger partial charge in [-0.3, -0.25) is 4.98 Å². The number of para-hydroxylation sites is 1. The van der Waals surface area contributed by atoms with Gasteiger partial charge in [0.1, 0.15) is 11.2 Å². The van der Waals surface area contributed by atoms with Crippen molar-refractivity contribution in [2.24, 2.45) is 0 Å². The van der Waals surface area contributed by atoms with Gasteiger partial charge in [-0.15, -0.1) is 0 Å². The molecule has 2 aromatic heterocycles. The second-order valence-electron chi connectivity index (χ2n) is 8.67. The molecule has 0 unspecified atom stereocenters. The van der Waals surface area contributed by atoms with Crippen molar-refractivity contribution in [2.45, 2.75) is 26.0 Å². The summed E-state index contributed by atoms with van der Waals surface area (Å²) >= 11 is 0. The van der Waals surface area contributed by atoms with Gasteiger partial charge in [0.2, 0.25) is 0 Å². The first kappa shape index (κ1) is 16.6. The highest BCUT2D eigenvalue weighted by Gasteiger charge is 2.19. The van der Waals surface area contributed by atoms with E-state index in [1.165, 1.54) is 5.19 Å². The molecule has 0 N–H and O–H groups in total. The molecule has 3 heteroatoms. The summed E-state index contributed by atoms with van der Waals surface area (Å²) in [5.41, 5.74) is 4.56. The third-order valence-electron chi connectivity index (χ3n) is 5.46. The lowest BCUT2D eigenvalue weighted by atomic mass is 10.0. The highest BCUT2D eigenvalue weighted by molar-refractivity contribution is 6.88. The molecular weight excluding hydrogens is 382 g/mol. The highest BCUT2D eigenvalue weighted by Crippen LogP contribution is 2.35. The predicted molar refractivity (Wildman–Crippen MR) is 129 cm³/mol. The molecule has 5 rings (SSSR count). The van der Waals surface area contributed by atoms with Crippen molar-refractivity contribution < 1.29 is 7.16 Å². The molecule has 0 spiro atoms. The highest BCUT2D eigenvalue weighted by atomic mass is 28.3. The molecule has 30 heavy (non-hydrogen) atoms. The van der Waals surface area contributed by atoms with Crippen molar-refractivity contribution in [3.8, 4) is 11.3 Å². The van der Waals surface area contributed by atoms with Gasteiger partial charge in [-0.2, -0.15) is 0 Å². The van der Waals surface area contributed by atoms with Crippen molar-refractivity contribution in [3.05, 3.63) is 96.2 Å². The Balaban J connectivity index is 1.67. The average Bonchev–Trinajstić information content (AvgIpc) is 3.17. The van der Waals surface area contributed by atoms with Gasteiger partial charge in [-0.25, -0.2) is 0 Å². The molecule has 0 atom stereocenters. The molecule has 5 aromatic rings. The molecule has 148 valence electrons. The van der Waals surface area contributed by atoms with E-state index in [1.54, 1.807) is 0 Å². The Morgan fingerprint density at radius 3 is 2.47 bits per heavy atom. The van der Waals surface area contributed by atoms with Crippen molar-refractivity contribution in [1.82, 2.24) is 4.98 Å². The van der Waals surface area contributed by atoms with Crippen LogP contribution in [0.5, 0.6) is 0 Å². The first-order valence-corrected chi connectivity index (χ1v) is 13.7. The average molecular weight is 410 g/mol. The van der Waals surface area contributed by atoms with E-state index in [1.807, 2.05) is 66.9 Å². The first-order chi connectivity index (χ1) is 15.2. The number of pyridine rings is 1. The summed E-state index contributed by atoms with van der Waals surface area (Å²) in [5, 5.41) is 3.36. The smallest absolute Gasteiger partial charge is 0.144 e. The minimum atomic E-state index is -1.61. The molecule has 0 aliphatic heterocycles. The van der Waals surface area contributed by atoms with Crippen molar-refractivity contribution in [3.63, 3.8) is 0 Å². The minimum Gasteiger partial charge on any atom is -0.455 e. The minimum absolute atomic E-state index is 0.579. The van der Waals surface area contributed by atoms with Crippen LogP contribution in [0.4, 0.5) is 0 Å². The molecule has 0 aliphatic rings. The number of benzene rings is 3. The summed E-state index contributed by atoms with van der Waals surface area (Å²) in [4.78, 5) is 4.64. The summed E-state index contributed by atoms with van der Waals surface area (Å²) in [6.45, 7) is 6.99. The van der Waals surface area contributed by atoms with Gasteiger partial charge in [0.15, 0.2) is 0 Å². The number of hydrogen-bond acceptors (Lipinski definition) is 2. The maximum absolute atomic E-state index is 8.70. The van der Waals surface area contributed by atoms with Gasteiger partial charge >= 0.3 is 0 Å². The molecule has 0 bridgehead atoms. The van der Waals surface area contributed by atoms with Crippen LogP contribution in [0.2, 0.25) is 19.6 Å². The van der Waals surface area contributed by atoms with Crippen LogP contribution in [0, 0.1) is 0 Å². The fourth-order valence-corrected chi connectivity index (χ4v) is 4.95. The van der Waals surface area contributed by atoms with E-state index < -0.39 is 14.4 Å². The summed E-state index contributed by atoms with van der Waals surface area (Å²) in [7, 11) is -1.47. The quantitative estimate of drug-likeness (QED) is 0.306. The predicted octanol–water partition coefficient (Wildman–Crippen LogP) is 6.78.